The van der Waals surface area contributed by atoms with Crippen molar-refractivity contribution in [2.24, 2.45) is 22.7 Å². The smallest absolute Gasteiger partial charge is 0.0546 e. The van der Waals surface area contributed by atoms with Crippen LogP contribution in [0.15, 0.2) is 23.3 Å². The van der Waals surface area contributed by atoms with Gasteiger partial charge in [-0.2, -0.15) is 0 Å². The van der Waals surface area contributed by atoms with Gasteiger partial charge in [0.2, 0.25) is 0 Å². The molecule has 0 N–H and O–H groups in total. The second-order valence-electron chi connectivity index (χ2n) is 6.93. The highest BCUT2D eigenvalue weighted by molar-refractivity contribution is 5.44. The zero-order valence-electron chi connectivity index (χ0n) is 13.7. The lowest BCUT2D eigenvalue weighted by atomic mass is 9.50. The van der Waals surface area contributed by atoms with Gasteiger partial charge in [0.25, 0.3) is 0 Å². The quantitative estimate of drug-likeness (QED) is 0.632. The summed E-state index contributed by atoms with van der Waals surface area (Å²) in [4.78, 5) is 0. The van der Waals surface area contributed by atoms with E-state index in [1.807, 2.05) is 0 Å². The molecule has 0 nitrogen and oxygen atoms in total. The van der Waals surface area contributed by atoms with Crippen molar-refractivity contribution in [3.05, 3.63) is 23.3 Å². The lowest BCUT2D eigenvalue weighted by molar-refractivity contribution is 0.0566. The molecule has 0 heterocycles. The summed E-state index contributed by atoms with van der Waals surface area (Å²) in [6.45, 7) is 13.4. The van der Waals surface area contributed by atoms with Gasteiger partial charge in [0.1, 0.15) is 0 Å². The van der Waals surface area contributed by atoms with E-state index in [9.17, 15) is 0 Å². The molecule has 2 rings (SSSR count). The Labute approximate surface area is 124 Å². The first-order valence-electron chi connectivity index (χ1n) is 7.74. The molecule has 0 fully saturated rings. The zero-order chi connectivity index (χ0) is 15.0. The molecule has 0 saturated heterocycles. The van der Waals surface area contributed by atoms with E-state index in [1.54, 1.807) is 0 Å². The fourth-order valence-corrected chi connectivity index (χ4v) is 3.63. The Balaban J connectivity index is 2.58. The molecule has 2 aliphatic carbocycles. The average Bonchev–Trinajstić information content (AvgIpc) is 2.40. The van der Waals surface area contributed by atoms with E-state index in [2.05, 4.69) is 77.4 Å². The number of rotatable bonds is 3. The van der Waals surface area contributed by atoms with E-state index in [4.69, 9.17) is 0 Å². The van der Waals surface area contributed by atoms with Crippen molar-refractivity contribution < 1.29 is 0 Å². The molecule has 0 aliphatic heterocycles. The molecule has 0 bridgehead atoms. The molecule has 2 aliphatic rings. The average molecular weight is 266 g/mol. The molecule has 0 aromatic heterocycles. The highest BCUT2D eigenvalue weighted by Crippen LogP contribution is 2.56. The summed E-state index contributed by atoms with van der Waals surface area (Å²) in [7, 11) is 0. The molecule has 0 spiro atoms. The van der Waals surface area contributed by atoms with E-state index < -0.39 is 0 Å². The summed E-state index contributed by atoms with van der Waals surface area (Å²) in [6, 6.07) is 0. The Morgan fingerprint density at radius 2 is 1.15 bits per heavy atom. The minimum atomic E-state index is -0.0229. The van der Waals surface area contributed by atoms with Crippen molar-refractivity contribution in [2.75, 3.05) is 0 Å². The van der Waals surface area contributed by atoms with Gasteiger partial charge in [-0.05, 0) is 49.7 Å². The maximum absolute atomic E-state index is 3.64. The second kappa shape index (κ2) is 5.18. The highest BCUT2D eigenvalue weighted by Gasteiger charge is 2.53. The van der Waals surface area contributed by atoms with Crippen LogP contribution in [0.3, 0.4) is 0 Å². The second-order valence-corrected chi connectivity index (χ2v) is 6.93. The van der Waals surface area contributed by atoms with Gasteiger partial charge >= 0.3 is 0 Å². The SMILES string of the molecule is CC1=CCC(C(C)C)(C2(C(C)C)C#CC(C)=CC2)C#C1. The minimum absolute atomic E-state index is 0.0229. The third-order valence-corrected chi connectivity index (χ3v) is 5.19. The van der Waals surface area contributed by atoms with Crippen molar-refractivity contribution in [2.45, 2.75) is 54.4 Å². The topological polar surface area (TPSA) is 0 Å². The van der Waals surface area contributed by atoms with Crippen LogP contribution in [0.4, 0.5) is 0 Å². The molecule has 0 saturated carbocycles. The Bertz CT molecular complexity index is 523. The molecule has 2 atom stereocenters. The maximum atomic E-state index is 3.64. The Morgan fingerprint density at radius 3 is 1.35 bits per heavy atom. The van der Waals surface area contributed by atoms with Gasteiger partial charge in [-0.3, -0.25) is 0 Å². The van der Waals surface area contributed by atoms with E-state index in [0.29, 0.717) is 11.8 Å². The molecular formula is C20H26. The zero-order valence-corrected chi connectivity index (χ0v) is 13.7. The van der Waals surface area contributed by atoms with Gasteiger partial charge in [-0.15, -0.1) is 0 Å². The largest absolute Gasteiger partial charge is 0.0892 e. The monoisotopic (exact) mass is 266 g/mol. The highest BCUT2D eigenvalue weighted by atomic mass is 14.5. The van der Waals surface area contributed by atoms with Crippen LogP contribution in [0.25, 0.3) is 0 Å². The van der Waals surface area contributed by atoms with Gasteiger partial charge in [0, 0.05) is 0 Å². The summed E-state index contributed by atoms with van der Waals surface area (Å²) in [5.74, 6) is 15.0. The third kappa shape index (κ3) is 2.13. The minimum Gasteiger partial charge on any atom is -0.0892 e. The first-order chi connectivity index (χ1) is 9.34. The lowest BCUT2D eigenvalue weighted by Crippen LogP contribution is -2.48. The summed E-state index contributed by atoms with van der Waals surface area (Å²) >= 11 is 0. The molecule has 0 heteroatoms. The van der Waals surface area contributed by atoms with Crippen molar-refractivity contribution in [1.82, 2.24) is 0 Å². The molecule has 106 valence electrons. The van der Waals surface area contributed by atoms with Crippen LogP contribution < -0.4 is 0 Å². The molecule has 0 aromatic carbocycles. The molecule has 2 unspecified atom stereocenters. The fourth-order valence-electron chi connectivity index (χ4n) is 3.63. The van der Waals surface area contributed by atoms with E-state index in [0.717, 1.165) is 12.8 Å². The van der Waals surface area contributed by atoms with Gasteiger partial charge < -0.3 is 0 Å². The lowest BCUT2D eigenvalue weighted by Gasteiger charge is -2.51. The summed E-state index contributed by atoms with van der Waals surface area (Å²) in [5.41, 5.74) is 2.36. The maximum Gasteiger partial charge on any atom is 0.0546 e. The molecular weight excluding hydrogens is 240 g/mol. The molecule has 20 heavy (non-hydrogen) atoms. The van der Waals surface area contributed by atoms with Crippen molar-refractivity contribution in [3.8, 4) is 23.7 Å². The van der Waals surface area contributed by atoms with Gasteiger partial charge in [0.15, 0.2) is 0 Å². The van der Waals surface area contributed by atoms with Crippen LogP contribution in [-0.4, -0.2) is 0 Å². The number of hydrogen-bond acceptors (Lipinski definition) is 0. The predicted octanol–water partition coefficient (Wildman–Crippen LogP) is 4.98. The standard InChI is InChI=1S/C20H26/c1-15(2)19(11-7-17(5)8-12-19)20(16(3)4)13-9-18(6)10-14-20/h7,9,15-16H,11,13H2,1-6H3. The van der Waals surface area contributed by atoms with Crippen LogP contribution in [0.2, 0.25) is 0 Å². The third-order valence-electron chi connectivity index (χ3n) is 5.19. The predicted molar refractivity (Wildman–Crippen MR) is 86.8 cm³/mol. The van der Waals surface area contributed by atoms with Crippen LogP contribution in [0, 0.1) is 46.3 Å². The summed E-state index contributed by atoms with van der Waals surface area (Å²) < 4.78 is 0. The van der Waals surface area contributed by atoms with Crippen LogP contribution >= 0.6 is 0 Å². The van der Waals surface area contributed by atoms with E-state index >= 15 is 0 Å². The summed E-state index contributed by atoms with van der Waals surface area (Å²) in [5, 5.41) is 0. The van der Waals surface area contributed by atoms with Gasteiger partial charge in [-0.1, -0.05) is 63.5 Å². The van der Waals surface area contributed by atoms with E-state index in [1.165, 1.54) is 11.1 Å². The van der Waals surface area contributed by atoms with Crippen molar-refractivity contribution >= 4 is 0 Å². The van der Waals surface area contributed by atoms with Gasteiger partial charge in [-0.25, -0.2) is 0 Å². The van der Waals surface area contributed by atoms with Crippen LogP contribution in [0.1, 0.15) is 54.4 Å². The molecule has 0 aromatic rings. The summed E-state index contributed by atoms with van der Waals surface area (Å²) in [6.07, 6.45) is 6.69. The van der Waals surface area contributed by atoms with Gasteiger partial charge in [0.05, 0.1) is 10.8 Å². The van der Waals surface area contributed by atoms with Crippen LogP contribution in [-0.2, 0) is 0 Å². The normalized spacial score (nSPS) is 32.0. The van der Waals surface area contributed by atoms with Crippen LogP contribution in [0.5, 0.6) is 0 Å². The van der Waals surface area contributed by atoms with Crippen molar-refractivity contribution in [1.29, 1.82) is 0 Å². The Morgan fingerprint density at radius 1 is 0.800 bits per heavy atom. The Hall–Kier alpha value is -1.40. The fraction of sp³-hybridized carbons (Fsp3) is 0.600. The number of allylic oxidation sites excluding steroid dienone is 4. The number of hydrogen-bond donors (Lipinski definition) is 0. The Kier molecular flexibility index (Phi) is 3.88. The molecule has 0 amide bonds. The first-order valence-corrected chi connectivity index (χ1v) is 7.74. The van der Waals surface area contributed by atoms with Crippen molar-refractivity contribution in [3.63, 3.8) is 0 Å². The first kappa shape index (κ1) is 15.0. The molecule has 0 radical (unpaired) electrons. The van der Waals surface area contributed by atoms with E-state index in [-0.39, 0.29) is 10.8 Å².